The Kier molecular flexibility index (Phi) is 6.29. The van der Waals surface area contributed by atoms with Crippen LogP contribution in [0.4, 0.5) is 0 Å². The summed E-state index contributed by atoms with van der Waals surface area (Å²) in [5, 5.41) is 7.25. The molecule has 1 aromatic carbocycles. The van der Waals surface area contributed by atoms with Crippen LogP contribution >= 0.6 is 22.9 Å². The van der Waals surface area contributed by atoms with Crippen LogP contribution in [0.25, 0.3) is 0 Å². The second-order valence-electron chi connectivity index (χ2n) is 7.36. The molecule has 5 nitrogen and oxygen atoms in total. The number of piperidine rings is 1. The van der Waals surface area contributed by atoms with Crippen molar-refractivity contribution in [2.45, 2.75) is 31.9 Å². The minimum Gasteiger partial charge on any atom is -0.390 e. The number of likely N-dealkylation sites (tertiary alicyclic amines) is 1. The second kappa shape index (κ2) is 9.07. The van der Waals surface area contributed by atoms with Gasteiger partial charge in [0.1, 0.15) is 6.10 Å². The van der Waals surface area contributed by atoms with Crippen LogP contribution in [0.15, 0.2) is 47.6 Å². The molecule has 0 radical (unpaired) electrons. The minimum atomic E-state index is -0.108. The average Bonchev–Trinajstić information content (AvgIpc) is 3.37. The van der Waals surface area contributed by atoms with Crippen molar-refractivity contribution in [1.29, 1.82) is 0 Å². The van der Waals surface area contributed by atoms with Crippen molar-refractivity contribution in [1.82, 2.24) is 10.2 Å². The summed E-state index contributed by atoms with van der Waals surface area (Å²) in [6, 6.07) is 14.1. The summed E-state index contributed by atoms with van der Waals surface area (Å²) in [7, 11) is 0. The van der Waals surface area contributed by atoms with E-state index in [1.807, 2.05) is 0 Å². The fourth-order valence-electron chi connectivity index (χ4n) is 3.80. The molecule has 0 aliphatic carbocycles. The van der Waals surface area contributed by atoms with Gasteiger partial charge in [-0.25, -0.2) is 0 Å². The SMILES string of the molecule is O=C(NCC1CC(C2CCN(Cc3ccccc3)CC2)=NO1)c1ccc(Cl)s1. The first-order valence-corrected chi connectivity index (χ1v) is 10.9. The van der Waals surface area contributed by atoms with Gasteiger partial charge in [-0.05, 0) is 43.6 Å². The summed E-state index contributed by atoms with van der Waals surface area (Å²) >= 11 is 7.17. The van der Waals surface area contributed by atoms with E-state index in [1.54, 1.807) is 12.1 Å². The first-order valence-electron chi connectivity index (χ1n) is 9.70. The highest BCUT2D eigenvalue weighted by atomic mass is 35.5. The highest BCUT2D eigenvalue weighted by Crippen LogP contribution is 2.26. The van der Waals surface area contributed by atoms with Crippen LogP contribution in [0.5, 0.6) is 0 Å². The van der Waals surface area contributed by atoms with Crippen LogP contribution in [-0.4, -0.2) is 42.3 Å². The number of hydrogen-bond donors (Lipinski definition) is 1. The maximum atomic E-state index is 12.1. The molecule has 1 amide bonds. The third-order valence-electron chi connectivity index (χ3n) is 5.35. The Labute approximate surface area is 174 Å². The molecule has 1 aromatic heterocycles. The van der Waals surface area contributed by atoms with E-state index < -0.39 is 0 Å². The predicted molar refractivity (Wildman–Crippen MR) is 113 cm³/mol. The predicted octanol–water partition coefficient (Wildman–Crippen LogP) is 4.19. The number of hydrogen-bond acceptors (Lipinski definition) is 5. The van der Waals surface area contributed by atoms with Gasteiger partial charge in [-0.1, -0.05) is 47.1 Å². The maximum absolute atomic E-state index is 12.1. The van der Waals surface area contributed by atoms with Gasteiger partial charge in [-0.15, -0.1) is 11.3 Å². The molecule has 4 rings (SSSR count). The molecule has 2 aliphatic heterocycles. The first kappa shape index (κ1) is 19.4. The van der Waals surface area contributed by atoms with E-state index in [1.165, 1.54) is 16.9 Å². The van der Waals surface area contributed by atoms with Crippen LogP contribution in [-0.2, 0) is 11.4 Å². The van der Waals surface area contributed by atoms with Crippen molar-refractivity contribution >= 4 is 34.6 Å². The number of rotatable bonds is 6. The second-order valence-corrected chi connectivity index (χ2v) is 9.08. The number of halogens is 1. The molecule has 0 saturated carbocycles. The Morgan fingerprint density at radius 2 is 2.00 bits per heavy atom. The molecular formula is C21H24ClN3O2S. The molecule has 1 N–H and O–H groups in total. The molecule has 0 bridgehead atoms. The number of carbonyl (C=O) groups excluding carboxylic acids is 1. The number of nitrogens with one attached hydrogen (secondary N) is 1. The van der Waals surface area contributed by atoms with Gasteiger partial charge in [0, 0.05) is 18.9 Å². The van der Waals surface area contributed by atoms with Crippen molar-refractivity contribution in [3.05, 3.63) is 57.2 Å². The van der Waals surface area contributed by atoms with Gasteiger partial charge in [0.25, 0.3) is 5.91 Å². The van der Waals surface area contributed by atoms with E-state index in [4.69, 9.17) is 16.4 Å². The molecule has 3 heterocycles. The Morgan fingerprint density at radius 1 is 1.21 bits per heavy atom. The van der Waals surface area contributed by atoms with Crippen LogP contribution in [0.2, 0.25) is 4.34 Å². The van der Waals surface area contributed by atoms with Gasteiger partial charge in [-0.2, -0.15) is 0 Å². The molecule has 2 aromatic rings. The molecule has 28 heavy (non-hydrogen) atoms. The van der Waals surface area contributed by atoms with Crippen LogP contribution in [0, 0.1) is 5.92 Å². The van der Waals surface area contributed by atoms with E-state index in [0.717, 1.165) is 44.6 Å². The van der Waals surface area contributed by atoms with Gasteiger partial charge in [0.2, 0.25) is 0 Å². The number of nitrogens with zero attached hydrogens (tertiary/aromatic N) is 2. The quantitative estimate of drug-likeness (QED) is 0.766. The van der Waals surface area contributed by atoms with E-state index in [9.17, 15) is 4.79 Å². The topological polar surface area (TPSA) is 53.9 Å². The smallest absolute Gasteiger partial charge is 0.261 e. The van der Waals surface area contributed by atoms with Crippen molar-refractivity contribution in [2.75, 3.05) is 19.6 Å². The third-order valence-corrected chi connectivity index (χ3v) is 6.58. The van der Waals surface area contributed by atoms with Crippen molar-refractivity contribution < 1.29 is 9.63 Å². The standard InChI is InChI=1S/C21H24ClN3O2S/c22-20-7-6-19(28-20)21(26)23-13-17-12-18(24-27-17)16-8-10-25(11-9-16)14-15-4-2-1-3-5-15/h1-7,16-17H,8-14H2,(H,23,26). The van der Waals surface area contributed by atoms with Crippen molar-refractivity contribution in [2.24, 2.45) is 11.1 Å². The van der Waals surface area contributed by atoms with Gasteiger partial charge in [-0.3, -0.25) is 9.69 Å². The normalized spacial score (nSPS) is 20.6. The van der Waals surface area contributed by atoms with Crippen LogP contribution < -0.4 is 5.32 Å². The van der Waals surface area contributed by atoms with E-state index >= 15 is 0 Å². The lowest BCUT2D eigenvalue weighted by atomic mass is 9.89. The summed E-state index contributed by atoms with van der Waals surface area (Å²) < 4.78 is 0.617. The number of thiophene rings is 1. The van der Waals surface area contributed by atoms with Crippen LogP contribution in [0.3, 0.4) is 0 Å². The van der Waals surface area contributed by atoms with E-state index in [2.05, 4.69) is 45.7 Å². The minimum absolute atomic E-state index is 0.0725. The zero-order valence-electron chi connectivity index (χ0n) is 15.6. The van der Waals surface area contributed by atoms with Crippen molar-refractivity contribution in [3.8, 4) is 0 Å². The monoisotopic (exact) mass is 417 g/mol. The molecule has 1 saturated heterocycles. The van der Waals surface area contributed by atoms with Crippen molar-refractivity contribution in [3.63, 3.8) is 0 Å². The number of amides is 1. The van der Waals surface area contributed by atoms with E-state index in [0.29, 0.717) is 21.7 Å². The zero-order valence-corrected chi connectivity index (χ0v) is 17.2. The summed E-state index contributed by atoms with van der Waals surface area (Å²) in [5.74, 6) is 0.381. The van der Waals surface area contributed by atoms with Gasteiger partial charge in [0.05, 0.1) is 21.5 Å². The van der Waals surface area contributed by atoms with Gasteiger partial charge < -0.3 is 10.2 Å². The Balaban J connectivity index is 1.19. The number of carbonyl (C=O) groups is 1. The molecule has 2 aliphatic rings. The molecular weight excluding hydrogens is 394 g/mol. The molecule has 148 valence electrons. The number of benzene rings is 1. The maximum Gasteiger partial charge on any atom is 0.261 e. The molecule has 0 spiro atoms. The molecule has 1 unspecified atom stereocenters. The third kappa shape index (κ3) is 4.93. The molecule has 7 heteroatoms. The highest BCUT2D eigenvalue weighted by Gasteiger charge is 2.30. The Hall–Kier alpha value is -1.89. The highest BCUT2D eigenvalue weighted by molar-refractivity contribution is 7.17. The Bertz CT molecular complexity index is 831. The molecule has 1 atom stereocenters. The average molecular weight is 418 g/mol. The lowest BCUT2D eigenvalue weighted by Crippen LogP contribution is -2.36. The van der Waals surface area contributed by atoms with Crippen LogP contribution in [0.1, 0.15) is 34.5 Å². The zero-order chi connectivity index (χ0) is 19.3. The lowest BCUT2D eigenvalue weighted by Gasteiger charge is -2.31. The fraction of sp³-hybridized carbons (Fsp3) is 0.429. The first-order chi connectivity index (χ1) is 13.7. The summed E-state index contributed by atoms with van der Waals surface area (Å²) in [6.45, 7) is 3.64. The van der Waals surface area contributed by atoms with Gasteiger partial charge >= 0.3 is 0 Å². The number of oxime groups is 1. The lowest BCUT2D eigenvalue weighted by molar-refractivity contribution is 0.0755. The Morgan fingerprint density at radius 3 is 2.71 bits per heavy atom. The summed E-state index contributed by atoms with van der Waals surface area (Å²) in [4.78, 5) is 20.8. The molecule has 1 fully saturated rings. The largest absolute Gasteiger partial charge is 0.390 e. The van der Waals surface area contributed by atoms with E-state index in [-0.39, 0.29) is 12.0 Å². The summed E-state index contributed by atoms with van der Waals surface area (Å²) in [5.41, 5.74) is 2.52. The summed E-state index contributed by atoms with van der Waals surface area (Å²) in [6.07, 6.45) is 2.95. The fourth-order valence-corrected chi connectivity index (χ4v) is 4.76. The van der Waals surface area contributed by atoms with Gasteiger partial charge in [0.15, 0.2) is 0 Å².